The van der Waals surface area contributed by atoms with Crippen molar-refractivity contribution in [2.24, 2.45) is 5.92 Å². The number of aromatic nitrogens is 1. The summed E-state index contributed by atoms with van der Waals surface area (Å²) in [7, 11) is 1.57. The summed E-state index contributed by atoms with van der Waals surface area (Å²) in [6, 6.07) is 11.6. The van der Waals surface area contributed by atoms with Crippen LogP contribution in [0, 0.1) is 5.92 Å². The molecule has 3 rings (SSSR count). The normalized spacial score (nSPS) is 17.6. The van der Waals surface area contributed by atoms with E-state index < -0.39 is 0 Å². The average molecular weight is 410 g/mol. The first-order chi connectivity index (χ1) is 14.6. The Balaban J connectivity index is 1.57. The molecule has 6 heteroatoms. The van der Waals surface area contributed by atoms with Crippen LogP contribution in [-0.4, -0.2) is 42.7 Å². The third-order valence-corrected chi connectivity index (χ3v) is 5.26. The molecule has 2 heterocycles. The van der Waals surface area contributed by atoms with Crippen LogP contribution in [0.1, 0.15) is 38.7 Å². The van der Waals surface area contributed by atoms with Gasteiger partial charge < -0.3 is 19.7 Å². The second-order valence-corrected chi connectivity index (χ2v) is 7.61. The van der Waals surface area contributed by atoms with E-state index in [1.807, 2.05) is 17.0 Å². The summed E-state index contributed by atoms with van der Waals surface area (Å²) in [4.78, 5) is 18.6. The number of amides is 2. The molecule has 0 spiro atoms. The number of likely N-dealkylation sites (tertiary alicyclic amines) is 1. The summed E-state index contributed by atoms with van der Waals surface area (Å²) in [5, 5.41) is 2.91. The van der Waals surface area contributed by atoms with Gasteiger partial charge in [-0.1, -0.05) is 44.1 Å². The summed E-state index contributed by atoms with van der Waals surface area (Å²) < 4.78 is 10.9. The van der Waals surface area contributed by atoms with Crippen molar-refractivity contribution in [3.8, 4) is 11.6 Å². The van der Waals surface area contributed by atoms with Crippen LogP contribution in [0.4, 0.5) is 10.5 Å². The van der Waals surface area contributed by atoms with Gasteiger partial charge in [0, 0.05) is 19.2 Å². The zero-order chi connectivity index (χ0) is 21.3. The number of unbranched alkanes of at least 4 members (excludes halogenated alkanes) is 1. The first-order valence-corrected chi connectivity index (χ1v) is 10.6. The van der Waals surface area contributed by atoms with Crippen molar-refractivity contribution >= 4 is 17.8 Å². The molecule has 1 unspecified atom stereocenters. The van der Waals surface area contributed by atoms with E-state index in [-0.39, 0.29) is 6.03 Å². The molecule has 2 aromatic rings. The quantitative estimate of drug-likeness (QED) is 0.636. The number of nitrogens with zero attached hydrogens (tertiary/aromatic N) is 2. The van der Waals surface area contributed by atoms with Gasteiger partial charge >= 0.3 is 6.03 Å². The molecule has 1 aliphatic rings. The molecular weight excluding hydrogens is 378 g/mol. The Morgan fingerprint density at radius 1 is 1.33 bits per heavy atom. The number of anilines is 1. The molecule has 2 amide bonds. The number of methoxy groups -OCH3 is 1. The minimum atomic E-state index is -0.0980. The van der Waals surface area contributed by atoms with Crippen molar-refractivity contribution in [3.05, 3.63) is 53.7 Å². The molecule has 1 aliphatic heterocycles. The molecule has 1 aromatic carbocycles. The van der Waals surface area contributed by atoms with Crippen LogP contribution in [0.15, 0.2) is 48.2 Å². The lowest BCUT2D eigenvalue weighted by molar-refractivity contribution is 0.198. The number of carbonyl (C=O) groups is 1. The zero-order valence-corrected chi connectivity index (χ0v) is 18.1. The minimum Gasteiger partial charge on any atom is -0.494 e. The molecule has 1 fully saturated rings. The Bertz CT molecular complexity index is 864. The Labute approximate surface area is 178 Å². The number of hydrogen-bond acceptors (Lipinski definition) is 4. The molecular formula is C24H31N3O3. The SMILES string of the molecule is CCCCOc1cccc(/C=C2\CCN(C(=O)Nc3ccc(OC)nc3)CC2C)c1. The van der Waals surface area contributed by atoms with Gasteiger partial charge in [-0.05, 0) is 42.5 Å². The summed E-state index contributed by atoms with van der Waals surface area (Å²) in [6.07, 6.45) is 6.88. The van der Waals surface area contributed by atoms with E-state index in [4.69, 9.17) is 9.47 Å². The first-order valence-electron chi connectivity index (χ1n) is 10.6. The van der Waals surface area contributed by atoms with Crippen molar-refractivity contribution in [2.75, 3.05) is 32.1 Å². The Morgan fingerprint density at radius 2 is 2.20 bits per heavy atom. The van der Waals surface area contributed by atoms with Crippen molar-refractivity contribution in [1.82, 2.24) is 9.88 Å². The van der Waals surface area contributed by atoms with E-state index in [1.54, 1.807) is 25.4 Å². The van der Waals surface area contributed by atoms with Gasteiger partial charge in [0.15, 0.2) is 0 Å². The fraction of sp³-hybridized carbons (Fsp3) is 0.417. The number of hydrogen-bond donors (Lipinski definition) is 1. The van der Waals surface area contributed by atoms with Crippen LogP contribution in [0.25, 0.3) is 6.08 Å². The standard InChI is InChI=1S/C24H31N3O3/c1-4-5-13-30-22-8-6-7-19(15-22)14-20-11-12-27(17-18(20)2)24(28)26-21-9-10-23(29-3)25-16-21/h6-10,14-16,18H,4-5,11-13,17H2,1-3H3,(H,26,28)/b20-14+. The van der Waals surface area contributed by atoms with E-state index in [0.717, 1.165) is 37.2 Å². The van der Waals surface area contributed by atoms with Crippen LogP contribution >= 0.6 is 0 Å². The van der Waals surface area contributed by atoms with Crippen LogP contribution in [0.2, 0.25) is 0 Å². The highest BCUT2D eigenvalue weighted by Crippen LogP contribution is 2.26. The van der Waals surface area contributed by atoms with Crippen LogP contribution in [0.3, 0.4) is 0 Å². The van der Waals surface area contributed by atoms with Crippen LogP contribution in [0.5, 0.6) is 11.6 Å². The van der Waals surface area contributed by atoms with E-state index in [2.05, 4.69) is 42.4 Å². The summed E-state index contributed by atoms with van der Waals surface area (Å²) >= 11 is 0. The average Bonchev–Trinajstić information content (AvgIpc) is 2.76. The molecule has 160 valence electrons. The fourth-order valence-electron chi connectivity index (χ4n) is 3.47. The third kappa shape index (κ3) is 5.99. The highest BCUT2D eigenvalue weighted by Gasteiger charge is 2.24. The first kappa shape index (κ1) is 21.7. The van der Waals surface area contributed by atoms with Gasteiger partial charge in [0.05, 0.1) is 25.6 Å². The molecule has 0 aliphatic carbocycles. The van der Waals surface area contributed by atoms with Gasteiger partial charge in [-0.3, -0.25) is 0 Å². The maximum atomic E-state index is 12.6. The number of nitrogens with one attached hydrogen (secondary N) is 1. The monoisotopic (exact) mass is 409 g/mol. The van der Waals surface area contributed by atoms with E-state index in [9.17, 15) is 4.79 Å². The summed E-state index contributed by atoms with van der Waals surface area (Å²) in [6.45, 7) is 6.46. The zero-order valence-electron chi connectivity index (χ0n) is 18.1. The Kier molecular flexibility index (Phi) is 7.71. The third-order valence-electron chi connectivity index (χ3n) is 5.26. The van der Waals surface area contributed by atoms with Crippen molar-refractivity contribution < 1.29 is 14.3 Å². The predicted octanol–water partition coefficient (Wildman–Crippen LogP) is 5.23. The lowest BCUT2D eigenvalue weighted by Crippen LogP contribution is -2.42. The van der Waals surface area contributed by atoms with E-state index in [1.165, 1.54) is 5.57 Å². The van der Waals surface area contributed by atoms with E-state index >= 15 is 0 Å². The largest absolute Gasteiger partial charge is 0.494 e. The fourth-order valence-corrected chi connectivity index (χ4v) is 3.47. The summed E-state index contributed by atoms with van der Waals surface area (Å²) in [5.41, 5.74) is 3.17. The highest BCUT2D eigenvalue weighted by atomic mass is 16.5. The summed E-state index contributed by atoms with van der Waals surface area (Å²) in [5.74, 6) is 1.73. The number of urea groups is 1. The lowest BCUT2D eigenvalue weighted by atomic mass is 9.91. The smallest absolute Gasteiger partial charge is 0.321 e. The maximum Gasteiger partial charge on any atom is 0.321 e. The molecule has 0 bridgehead atoms. The molecule has 1 N–H and O–H groups in total. The van der Waals surface area contributed by atoms with Crippen LogP contribution < -0.4 is 14.8 Å². The molecule has 30 heavy (non-hydrogen) atoms. The Morgan fingerprint density at radius 3 is 2.90 bits per heavy atom. The molecule has 1 aromatic heterocycles. The minimum absolute atomic E-state index is 0.0980. The second kappa shape index (κ2) is 10.7. The lowest BCUT2D eigenvalue weighted by Gasteiger charge is -2.33. The molecule has 0 saturated carbocycles. The van der Waals surface area contributed by atoms with Gasteiger partial charge in [-0.2, -0.15) is 0 Å². The van der Waals surface area contributed by atoms with Gasteiger partial charge in [-0.15, -0.1) is 0 Å². The van der Waals surface area contributed by atoms with Crippen LogP contribution in [-0.2, 0) is 0 Å². The van der Waals surface area contributed by atoms with E-state index in [0.29, 0.717) is 30.6 Å². The van der Waals surface area contributed by atoms with Gasteiger partial charge in [-0.25, -0.2) is 9.78 Å². The predicted molar refractivity (Wildman–Crippen MR) is 120 cm³/mol. The molecule has 6 nitrogen and oxygen atoms in total. The number of benzene rings is 1. The number of carbonyl (C=O) groups excluding carboxylic acids is 1. The van der Waals surface area contributed by atoms with Crippen molar-refractivity contribution in [3.63, 3.8) is 0 Å². The van der Waals surface area contributed by atoms with Gasteiger partial charge in [0.2, 0.25) is 5.88 Å². The number of ether oxygens (including phenoxy) is 2. The number of piperidine rings is 1. The van der Waals surface area contributed by atoms with Crippen molar-refractivity contribution in [2.45, 2.75) is 33.1 Å². The number of rotatable bonds is 7. The Hall–Kier alpha value is -3.02. The molecule has 0 radical (unpaired) electrons. The number of pyridine rings is 1. The maximum absolute atomic E-state index is 12.6. The molecule has 1 saturated heterocycles. The highest BCUT2D eigenvalue weighted by molar-refractivity contribution is 5.89. The second-order valence-electron chi connectivity index (χ2n) is 7.61. The van der Waals surface area contributed by atoms with Gasteiger partial charge in [0.25, 0.3) is 0 Å². The molecule has 1 atom stereocenters. The van der Waals surface area contributed by atoms with Crippen molar-refractivity contribution in [1.29, 1.82) is 0 Å². The van der Waals surface area contributed by atoms with Gasteiger partial charge in [0.1, 0.15) is 5.75 Å². The topological polar surface area (TPSA) is 63.7 Å².